The highest BCUT2D eigenvalue weighted by Gasteiger charge is 2.46. The Morgan fingerprint density at radius 2 is 1.92 bits per heavy atom. The number of nitrogens with one attached hydrogen (secondary N) is 1. The van der Waals surface area contributed by atoms with Crippen molar-refractivity contribution in [2.24, 2.45) is 5.73 Å². The van der Waals surface area contributed by atoms with E-state index >= 15 is 0 Å². The third-order valence-corrected chi connectivity index (χ3v) is 4.09. The summed E-state index contributed by atoms with van der Waals surface area (Å²) in [5.74, 6) is -0.912. The van der Waals surface area contributed by atoms with Gasteiger partial charge in [-0.1, -0.05) is 0 Å². The Morgan fingerprint density at radius 3 is 2.24 bits per heavy atom. The summed E-state index contributed by atoms with van der Waals surface area (Å²) in [6.07, 6.45) is -5.98. The number of amides is 1. The van der Waals surface area contributed by atoms with Crippen LogP contribution in [0, 0.1) is 5.41 Å². The minimum absolute atomic E-state index is 0.223. The van der Waals surface area contributed by atoms with Crippen LogP contribution in [-0.2, 0) is 9.30 Å². The second kappa shape index (κ2) is 7.88. The first-order chi connectivity index (χ1) is 11.4. The van der Waals surface area contributed by atoms with Gasteiger partial charge in [-0.2, -0.15) is 0 Å². The number of carboxylic acid groups (broad SMARTS) is 1. The molecule has 14 nitrogen and oxygen atoms in total. The van der Waals surface area contributed by atoms with Crippen LogP contribution in [0.4, 0.5) is 10.6 Å². The first kappa shape index (κ1) is 21.0. The number of rotatable bonds is 4. The molecule has 1 aliphatic rings. The zero-order chi connectivity index (χ0) is 19.5. The molecule has 11 N–H and O–H groups in total. The third-order valence-electron chi connectivity index (χ3n) is 3.14. The predicted octanol–water partition coefficient (Wildman–Crippen LogP) is -2.82. The molecule has 25 heavy (non-hydrogen) atoms. The second-order valence-electron chi connectivity index (χ2n) is 4.81. The lowest BCUT2D eigenvalue weighted by Crippen LogP contribution is -2.32. The molecule has 1 aromatic heterocycles. The quantitative estimate of drug-likeness (QED) is 0.189. The first-order valence-corrected chi connectivity index (χ1v) is 8.08. The van der Waals surface area contributed by atoms with Gasteiger partial charge in [0.2, 0.25) is 0 Å². The number of aliphatic hydroxyl groups excluding tert-OH is 3. The van der Waals surface area contributed by atoms with Gasteiger partial charge in [-0.25, -0.2) is 18.7 Å². The van der Waals surface area contributed by atoms with Gasteiger partial charge in [0.1, 0.15) is 35.9 Å². The number of carbonyl (C=O) groups is 1. The number of hydrogen-bond acceptors (Lipinski definition) is 9. The van der Waals surface area contributed by atoms with E-state index in [9.17, 15) is 24.6 Å². The Hall–Kier alpha value is -2.06. The van der Waals surface area contributed by atoms with Gasteiger partial charge in [0.05, 0.1) is 12.8 Å². The topological polar surface area (TPSA) is 258 Å². The number of primary amides is 1. The Labute approximate surface area is 140 Å². The maximum Gasteiger partial charge on any atom is 0.437 e. The van der Waals surface area contributed by atoms with Crippen LogP contribution in [-0.4, -0.2) is 76.8 Å². The monoisotopic (exact) mass is 383 g/mol. The molecular formula is C10H18N5O9P. The summed E-state index contributed by atoms with van der Waals surface area (Å²) < 4.78 is 16.9. The molecule has 142 valence electrons. The van der Waals surface area contributed by atoms with Crippen molar-refractivity contribution in [3.8, 4) is 0 Å². The highest BCUT2D eigenvalue weighted by molar-refractivity contribution is 7.50. The Balaban J connectivity index is 0.000000705. The lowest BCUT2D eigenvalue weighted by Gasteiger charge is -2.14. The maximum absolute atomic E-state index is 11.4. The molecule has 0 aliphatic carbocycles. The van der Waals surface area contributed by atoms with E-state index in [1.807, 2.05) is 0 Å². The van der Waals surface area contributed by atoms with Gasteiger partial charge in [-0.3, -0.25) is 0 Å². The van der Waals surface area contributed by atoms with Crippen LogP contribution in [0.25, 0.3) is 0 Å². The van der Waals surface area contributed by atoms with E-state index in [4.69, 9.17) is 30.9 Å². The van der Waals surface area contributed by atoms with Crippen LogP contribution in [0.3, 0.4) is 0 Å². The largest absolute Gasteiger partial charge is 0.465 e. The van der Waals surface area contributed by atoms with Gasteiger partial charge in [0.15, 0.2) is 5.82 Å². The van der Waals surface area contributed by atoms with Crippen LogP contribution >= 0.6 is 7.75 Å². The van der Waals surface area contributed by atoms with Crippen LogP contribution in [0.1, 0.15) is 17.6 Å². The molecule has 15 heteroatoms. The van der Waals surface area contributed by atoms with Crippen molar-refractivity contribution in [1.29, 1.82) is 5.41 Å². The Bertz CT molecular complexity index is 685. The summed E-state index contributed by atoms with van der Waals surface area (Å²) in [5.41, 5.74) is 9.41. The van der Waals surface area contributed by atoms with E-state index in [-0.39, 0.29) is 5.69 Å². The van der Waals surface area contributed by atoms with E-state index in [0.29, 0.717) is 10.6 Å². The molecule has 1 aromatic rings. The average molecular weight is 383 g/mol. The van der Waals surface area contributed by atoms with Gasteiger partial charge in [0.25, 0.3) is 0 Å². The van der Waals surface area contributed by atoms with Crippen molar-refractivity contribution >= 4 is 25.9 Å². The van der Waals surface area contributed by atoms with Crippen molar-refractivity contribution in [3.63, 3.8) is 0 Å². The molecule has 0 aromatic carbocycles. The molecule has 1 amide bonds. The van der Waals surface area contributed by atoms with Crippen molar-refractivity contribution in [2.75, 3.05) is 12.3 Å². The number of nitrogens with two attached hydrogens (primary N) is 2. The fourth-order valence-electron chi connectivity index (χ4n) is 2.16. The number of nitrogen functional groups attached to an aromatic ring is 1. The summed E-state index contributed by atoms with van der Waals surface area (Å²) in [6, 6.07) is 0. The van der Waals surface area contributed by atoms with Gasteiger partial charge in [-0.15, -0.1) is 0 Å². The van der Waals surface area contributed by atoms with Gasteiger partial charge in [-0.05, 0) is 0 Å². The second-order valence-corrected chi connectivity index (χ2v) is 6.23. The zero-order valence-corrected chi connectivity index (χ0v) is 13.4. The fraction of sp³-hybridized carbons (Fsp3) is 0.500. The molecule has 1 aliphatic heterocycles. The van der Waals surface area contributed by atoms with Crippen LogP contribution in [0.2, 0.25) is 0 Å². The minimum Gasteiger partial charge on any atom is -0.465 e. The van der Waals surface area contributed by atoms with E-state index in [0.717, 1.165) is 0 Å². The summed E-state index contributed by atoms with van der Waals surface area (Å²) in [6.45, 7) is -0.564. The van der Waals surface area contributed by atoms with Gasteiger partial charge < -0.3 is 51.8 Å². The maximum atomic E-state index is 11.4. The van der Waals surface area contributed by atoms with E-state index in [1.54, 1.807) is 0 Å². The Kier molecular flexibility index (Phi) is 6.61. The molecule has 2 rings (SSSR count). The number of ether oxygens (including phenoxy) is 1. The van der Waals surface area contributed by atoms with Crippen molar-refractivity contribution in [2.45, 2.75) is 24.4 Å². The molecular weight excluding hydrogens is 365 g/mol. The Morgan fingerprint density at radius 1 is 1.40 bits per heavy atom. The smallest absolute Gasteiger partial charge is 0.437 e. The van der Waals surface area contributed by atoms with Gasteiger partial charge >= 0.3 is 13.8 Å². The molecule has 0 radical (unpaired) electrons. The molecule has 0 saturated carbocycles. The number of hydrogen-bond donors (Lipinski definition) is 9. The lowest BCUT2D eigenvalue weighted by atomic mass is 10.1. The van der Waals surface area contributed by atoms with E-state index in [2.05, 4.69) is 10.7 Å². The predicted molar refractivity (Wildman–Crippen MR) is 80.9 cm³/mol. The molecule has 1 saturated heterocycles. The zero-order valence-electron chi connectivity index (χ0n) is 12.5. The third kappa shape index (κ3) is 4.52. The highest BCUT2D eigenvalue weighted by atomic mass is 31.2. The highest BCUT2D eigenvalue weighted by Crippen LogP contribution is 2.44. The standard InChI is InChI=1S/C9H15N4O7P.CH3NO2/c10-1-4-12-5(9(11)13(4)21(17,18)19)8-7(16)6(15)3(2-14)20-8;2-1(3)4/h1,3,6-8,10,14-16H,2,11H2,(H2,17,18,19);2H2,(H,3,4)/t3-,6-,7-,8?;/m1./s1. The average Bonchev–Trinajstić information content (AvgIpc) is 2.96. The molecule has 2 heterocycles. The molecule has 0 spiro atoms. The van der Waals surface area contributed by atoms with Crippen molar-refractivity contribution in [3.05, 3.63) is 11.5 Å². The number of imidazole rings is 1. The van der Waals surface area contributed by atoms with Crippen LogP contribution < -0.4 is 11.5 Å². The van der Waals surface area contributed by atoms with Crippen LogP contribution in [0.5, 0.6) is 0 Å². The lowest BCUT2D eigenvalue weighted by molar-refractivity contribution is -0.0236. The normalized spacial score (nSPS) is 26.0. The van der Waals surface area contributed by atoms with Gasteiger partial charge in [0, 0.05) is 0 Å². The summed E-state index contributed by atoms with van der Waals surface area (Å²) in [7, 11) is -4.86. The molecule has 4 atom stereocenters. The first-order valence-electron chi connectivity index (χ1n) is 6.51. The number of nitrogens with zero attached hydrogens (tertiary/aromatic N) is 2. The molecule has 1 fully saturated rings. The number of aliphatic hydroxyl groups is 3. The molecule has 1 unspecified atom stereocenters. The summed E-state index contributed by atoms with van der Waals surface area (Å²) in [5, 5.41) is 42.9. The van der Waals surface area contributed by atoms with Crippen LogP contribution in [0.15, 0.2) is 0 Å². The molecule has 0 bridgehead atoms. The fourth-order valence-corrected chi connectivity index (χ4v) is 2.91. The summed E-state index contributed by atoms with van der Waals surface area (Å²) >= 11 is 0. The minimum atomic E-state index is -4.86. The van der Waals surface area contributed by atoms with E-state index in [1.165, 1.54) is 0 Å². The van der Waals surface area contributed by atoms with E-state index < -0.39 is 56.5 Å². The van der Waals surface area contributed by atoms with Crippen molar-refractivity contribution in [1.82, 2.24) is 9.32 Å². The summed E-state index contributed by atoms with van der Waals surface area (Å²) in [4.78, 5) is 31.0. The number of anilines is 1. The number of aromatic nitrogens is 2. The SMILES string of the molecule is N=Cc1nc(C2O[C@H](CO)[C@@H](O)[C@H]2O)c(N)n1P(=O)(O)O.NC(=O)O. The van der Waals surface area contributed by atoms with Crippen molar-refractivity contribution < 1.29 is 44.3 Å².